The summed E-state index contributed by atoms with van der Waals surface area (Å²) in [6.45, 7) is 0.400. The molecule has 0 bridgehead atoms. The van der Waals surface area contributed by atoms with E-state index in [2.05, 4.69) is 5.32 Å². The van der Waals surface area contributed by atoms with E-state index in [1.807, 2.05) is 4.90 Å². The molecule has 8 heteroatoms. The molecule has 2 aliphatic rings. The SMILES string of the molecule is O=C(CN1CCS(=O)(=O)CC1C1CC1)Nc1cc(Cl)ccc1F. The van der Waals surface area contributed by atoms with Crippen molar-refractivity contribution in [3.8, 4) is 0 Å². The van der Waals surface area contributed by atoms with Crippen LogP contribution in [0.3, 0.4) is 0 Å². The van der Waals surface area contributed by atoms with E-state index in [9.17, 15) is 17.6 Å². The lowest BCUT2D eigenvalue weighted by molar-refractivity contribution is -0.117. The van der Waals surface area contributed by atoms with E-state index in [-0.39, 0.29) is 35.7 Å². The molecule has 0 radical (unpaired) electrons. The summed E-state index contributed by atoms with van der Waals surface area (Å²) in [6.07, 6.45) is 2.00. The number of anilines is 1. The van der Waals surface area contributed by atoms with Crippen molar-refractivity contribution in [2.24, 2.45) is 5.92 Å². The quantitative estimate of drug-likeness (QED) is 0.891. The topological polar surface area (TPSA) is 66.5 Å². The maximum absolute atomic E-state index is 13.7. The molecule has 1 amide bonds. The average Bonchev–Trinajstić information content (AvgIpc) is 3.29. The van der Waals surface area contributed by atoms with Crippen LogP contribution in [0.5, 0.6) is 0 Å². The predicted octanol–water partition coefficient (Wildman–Crippen LogP) is 1.93. The molecule has 0 spiro atoms. The molecule has 1 atom stereocenters. The van der Waals surface area contributed by atoms with Crippen molar-refractivity contribution in [1.29, 1.82) is 0 Å². The van der Waals surface area contributed by atoms with Crippen molar-refractivity contribution in [2.45, 2.75) is 18.9 Å². The van der Waals surface area contributed by atoms with E-state index in [1.165, 1.54) is 18.2 Å². The molecule has 1 aliphatic carbocycles. The van der Waals surface area contributed by atoms with Crippen molar-refractivity contribution in [3.63, 3.8) is 0 Å². The van der Waals surface area contributed by atoms with Crippen LogP contribution in [0.25, 0.3) is 0 Å². The number of sulfone groups is 1. The van der Waals surface area contributed by atoms with Crippen LogP contribution >= 0.6 is 11.6 Å². The Morgan fingerprint density at radius 2 is 2.13 bits per heavy atom. The van der Waals surface area contributed by atoms with Gasteiger partial charge in [0.2, 0.25) is 5.91 Å². The standard InChI is InChI=1S/C15H18ClFN2O3S/c16-11-3-4-12(17)13(7-11)18-15(20)8-19-5-6-23(21,22)9-14(19)10-1-2-10/h3-4,7,10,14H,1-2,5-6,8-9H2,(H,18,20). The molecule has 3 rings (SSSR count). The molecular weight excluding hydrogens is 343 g/mol. The normalized spacial score (nSPS) is 24.3. The number of nitrogens with one attached hydrogen (secondary N) is 1. The second-order valence-corrected chi connectivity index (χ2v) is 8.83. The highest BCUT2D eigenvalue weighted by Crippen LogP contribution is 2.37. The fourth-order valence-corrected chi connectivity index (χ4v) is 4.80. The highest BCUT2D eigenvalue weighted by atomic mass is 35.5. The van der Waals surface area contributed by atoms with Gasteiger partial charge in [0.25, 0.3) is 0 Å². The Bertz CT molecular complexity index is 721. The second kappa shape index (κ2) is 6.37. The van der Waals surface area contributed by atoms with Crippen LogP contribution in [0.4, 0.5) is 10.1 Å². The molecule has 2 fully saturated rings. The fourth-order valence-electron chi connectivity index (χ4n) is 2.95. The minimum atomic E-state index is -3.03. The Morgan fingerprint density at radius 1 is 1.39 bits per heavy atom. The minimum absolute atomic E-state index is 0.0371. The van der Waals surface area contributed by atoms with Crippen molar-refractivity contribution >= 4 is 33.0 Å². The summed E-state index contributed by atoms with van der Waals surface area (Å²) in [5.41, 5.74) is 0.0371. The van der Waals surface area contributed by atoms with E-state index in [4.69, 9.17) is 11.6 Å². The van der Waals surface area contributed by atoms with Gasteiger partial charge in [-0.05, 0) is 37.0 Å². The first-order valence-electron chi connectivity index (χ1n) is 7.53. The van der Waals surface area contributed by atoms with Gasteiger partial charge in [-0.25, -0.2) is 12.8 Å². The molecule has 0 aromatic heterocycles. The molecule has 1 aliphatic heterocycles. The Labute approximate surface area is 139 Å². The van der Waals surface area contributed by atoms with E-state index >= 15 is 0 Å². The summed E-state index contributed by atoms with van der Waals surface area (Å²) >= 11 is 5.80. The van der Waals surface area contributed by atoms with Crippen molar-refractivity contribution in [2.75, 3.05) is 29.9 Å². The van der Waals surface area contributed by atoms with Gasteiger partial charge in [-0.1, -0.05) is 11.6 Å². The summed E-state index contributed by atoms with van der Waals surface area (Å²) in [7, 11) is -3.03. The Balaban J connectivity index is 1.66. The maximum atomic E-state index is 13.7. The molecule has 1 unspecified atom stereocenters. The summed E-state index contributed by atoms with van der Waals surface area (Å²) in [4.78, 5) is 14.1. The zero-order chi connectivity index (χ0) is 16.6. The van der Waals surface area contributed by atoms with Crippen LogP contribution in [0.1, 0.15) is 12.8 Å². The molecule has 23 heavy (non-hydrogen) atoms. The number of hydrogen-bond acceptors (Lipinski definition) is 4. The van der Waals surface area contributed by atoms with Crippen LogP contribution in [-0.2, 0) is 14.6 Å². The van der Waals surface area contributed by atoms with Gasteiger partial charge in [0.05, 0.1) is 23.7 Å². The third-order valence-corrected chi connectivity index (χ3v) is 6.19. The molecule has 5 nitrogen and oxygen atoms in total. The van der Waals surface area contributed by atoms with E-state index in [0.29, 0.717) is 17.5 Å². The Morgan fingerprint density at radius 3 is 2.83 bits per heavy atom. The number of carbonyl (C=O) groups is 1. The van der Waals surface area contributed by atoms with Gasteiger partial charge >= 0.3 is 0 Å². The number of halogens is 2. The van der Waals surface area contributed by atoms with Gasteiger partial charge in [0.1, 0.15) is 5.82 Å². The number of carbonyl (C=O) groups excluding carboxylic acids is 1. The summed E-state index contributed by atoms with van der Waals surface area (Å²) < 4.78 is 37.3. The monoisotopic (exact) mass is 360 g/mol. The summed E-state index contributed by atoms with van der Waals surface area (Å²) in [6, 6.07) is 3.85. The smallest absolute Gasteiger partial charge is 0.238 e. The first-order chi connectivity index (χ1) is 10.8. The molecule has 126 valence electrons. The van der Waals surface area contributed by atoms with Gasteiger partial charge in [-0.2, -0.15) is 0 Å². The Kier molecular flexibility index (Phi) is 4.62. The minimum Gasteiger partial charge on any atom is -0.322 e. The molecule has 1 heterocycles. The number of hydrogen-bond donors (Lipinski definition) is 1. The first-order valence-corrected chi connectivity index (χ1v) is 9.73. The van der Waals surface area contributed by atoms with Crippen LogP contribution in [0, 0.1) is 11.7 Å². The molecule has 1 saturated heterocycles. The van der Waals surface area contributed by atoms with E-state index in [1.54, 1.807) is 0 Å². The van der Waals surface area contributed by atoms with E-state index in [0.717, 1.165) is 12.8 Å². The predicted molar refractivity (Wildman–Crippen MR) is 86.8 cm³/mol. The van der Waals surface area contributed by atoms with Crippen LogP contribution in [-0.4, -0.2) is 49.9 Å². The zero-order valence-electron chi connectivity index (χ0n) is 12.5. The van der Waals surface area contributed by atoms with Crippen LogP contribution in [0.2, 0.25) is 5.02 Å². The summed E-state index contributed by atoms with van der Waals surface area (Å²) in [5, 5.41) is 2.84. The van der Waals surface area contributed by atoms with Crippen LogP contribution in [0.15, 0.2) is 18.2 Å². The number of benzene rings is 1. The lowest BCUT2D eigenvalue weighted by Crippen LogP contribution is -2.52. The molecule has 1 aromatic carbocycles. The van der Waals surface area contributed by atoms with Gasteiger partial charge in [-0.3, -0.25) is 9.69 Å². The van der Waals surface area contributed by atoms with Crippen LogP contribution < -0.4 is 5.32 Å². The van der Waals surface area contributed by atoms with Gasteiger partial charge in [-0.15, -0.1) is 0 Å². The molecule has 1 saturated carbocycles. The number of nitrogens with zero attached hydrogens (tertiary/aromatic N) is 1. The summed E-state index contributed by atoms with van der Waals surface area (Å²) in [5.74, 6) is -0.398. The first kappa shape index (κ1) is 16.7. The second-order valence-electron chi connectivity index (χ2n) is 6.16. The third kappa shape index (κ3) is 4.22. The van der Waals surface area contributed by atoms with Gasteiger partial charge in [0.15, 0.2) is 9.84 Å². The largest absolute Gasteiger partial charge is 0.322 e. The third-order valence-electron chi connectivity index (χ3n) is 4.30. The molecule has 1 N–H and O–H groups in total. The molecule has 1 aromatic rings. The van der Waals surface area contributed by atoms with E-state index < -0.39 is 15.7 Å². The van der Waals surface area contributed by atoms with Crippen molar-refractivity contribution in [1.82, 2.24) is 4.90 Å². The van der Waals surface area contributed by atoms with Gasteiger partial charge < -0.3 is 5.32 Å². The molecular formula is C15H18ClFN2O3S. The zero-order valence-corrected chi connectivity index (χ0v) is 14.0. The lowest BCUT2D eigenvalue weighted by Gasteiger charge is -2.35. The highest BCUT2D eigenvalue weighted by molar-refractivity contribution is 7.91. The van der Waals surface area contributed by atoms with Gasteiger partial charge in [0, 0.05) is 17.6 Å². The van der Waals surface area contributed by atoms with Crippen molar-refractivity contribution < 1.29 is 17.6 Å². The van der Waals surface area contributed by atoms with Crippen molar-refractivity contribution in [3.05, 3.63) is 29.0 Å². The lowest BCUT2D eigenvalue weighted by atomic mass is 10.1. The Hall–Kier alpha value is -1.18. The average molecular weight is 361 g/mol. The maximum Gasteiger partial charge on any atom is 0.238 e. The number of rotatable bonds is 4. The fraction of sp³-hybridized carbons (Fsp3) is 0.533. The number of amides is 1. The highest BCUT2D eigenvalue weighted by Gasteiger charge is 2.41.